The van der Waals surface area contributed by atoms with Gasteiger partial charge >= 0.3 is 0 Å². The van der Waals surface area contributed by atoms with Crippen molar-refractivity contribution in [3.8, 4) is 5.75 Å². The van der Waals surface area contributed by atoms with E-state index in [4.69, 9.17) is 18.0 Å². The van der Waals surface area contributed by atoms with Crippen molar-refractivity contribution in [2.75, 3.05) is 32.7 Å². The fourth-order valence-electron chi connectivity index (χ4n) is 2.55. The van der Waals surface area contributed by atoms with E-state index < -0.39 is 0 Å². The largest absolute Gasteiger partial charge is 0.508 e. The zero-order valence-corrected chi connectivity index (χ0v) is 12.1. The lowest BCUT2D eigenvalue weighted by atomic mass is 10.0. The van der Waals surface area contributed by atoms with Gasteiger partial charge in [-0.1, -0.05) is 31.3 Å². The van der Waals surface area contributed by atoms with Gasteiger partial charge in [0.15, 0.2) is 0 Å². The highest BCUT2D eigenvalue weighted by Crippen LogP contribution is 2.24. The molecule has 0 saturated carbocycles. The van der Waals surface area contributed by atoms with E-state index in [-0.39, 0.29) is 11.8 Å². The van der Waals surface area contributed by atoms with Crippen LogP contribution in [0.2, 0.25) is 0 Å². The van der Waals surface area contributed by atoms with Crippen LogP contribution >= 0.6 is 12.2 Å². The van der Waals surface area contributed by atoms with E-state index in [9.17, 15) is 5.11 Å². The molecule has 0 radical (unpaired) electrons. The Morgan fingerprint density at radius 2 is 1.84 bits per heavy atom. The van der Waals surface area contributed by atoms with E-state index in [1.807, 2.05) is 12.1 Å². The van der Waals surface area contributed by atoms with Gasteiger partial charge < -0.3 is 15.7 Å². The summed E-state index contributed by atoms with van der Waals surface area (Å²) in [4.78, 5) is 5.24. The van der Waals surface area contributed by atoms with Crippen LogP contribution in [-0.4, -0.2) is 52.6 Å². The highest BCUT2D eigenvalue weighted by Gasteiger charge is 2.26. The molecule has 0 aliphatic carbocycles. The molecule has 0 amide bonds. The van der Waals surface area contributed by atoms with Crippen LogP contribution in [0.4, 0.5) is 0 Å². The Morgan fingerprint density at radius 1 is 1.26 bits per heavy atom. The molecular formula is C14H21N3OS. The lowest BCUT2D eigenvalue weighted by Crippen LogP contribution is -2.49. The van der Waals surface area contributed by atoms with Gasteiger partial charge in [-0.2, -0.15) is 0 Å². The van der Waals surface area contributed by atoms with Gasteiger partial charge in [0.2, 0.25) is 0 Å². The molecule has 2 rings (SSSR count). The van der Waals surface area contributed by atoms with Crippen LogP contribution in [0.15, 0.2) is 24.3 Å². The number of piperazine rings is 1. The number of benzene rings is 1. The third kappa shape index (κ3) is 3.43. The van der Waals surface area contributed by atoms with Gasteiger partial charge in [-0.05, 0) is 24.2 Å². The topological polar surface area (TPSA) is 52.7 Å². The summed E-state index contributed by atoms with van der Waals surface area (Å²) in [7, 11) is 0. The second-order valence-corrected chi connectivity index (χ2v) is 5.34. The average Bonchev–Trinajstić information content (AvgIpc) is 2.42. The lowest BCUT2D eigenvalue weighted by molar-refractivity contribution is 0.122. The molecule has 1 aliphatic rings. The van der Waals surface area contributed by atoms with Gasteiger partial charge in [-0.25, -0.2) is 0 Å². The van der Waals surface area contributed by atoms with Gasteiger partial charge in [-0.3, -0.25) is 4.90 Å². The number of thiocarbonyl (C=S) groups is 1. The Balaban J connectivity index is 2.13. The molecule has 1 saturated heterocycles. The average molecular weight is 279 g/mol. The molecule has 1 fully saturated rings. The van der Waals surface area contributed by atoms with Crippen LogP contribution in [0, 0.1) is 0 Å². The van der Waals surface area contributed by atoms with Crippen molar-refractivity contribution in [2.24, 2.45) is 5.73 Å². The molecular weight excluding hydrogens is 258 g/mol. The quantitative estimate of drug-likeness (QED) is 0.815. The number of phenolic OH excluding ortho intramolecular Hbond substituents is 1. The summed E-state index contributed by atoms with van der Waals surface area (Å²) in [5.41, 5.74) is 6.97. The number of likely N-dealkylation sites (N-methyl/N-ethyl adjacent to an activating group) is 1. The van der Waals surface area contributed by atoms with Crippen molar-refractivity contribution in [1.29, 1.82) is 0 Å². The molecule has 1 atom stereocenters. The summed E-state index contributed by atoms with van der Waals surface area (Å²) in [6.45, 7) is 7.31. The smallest absolute Gasteiger partial charge is 0.115 e. The standard InChI is InChI=1S/C14H21N3OS/c1-2-16-7-9-17(10-8-16)13(14(15)19)11-3-5-12(18)6-4-11/h3-6,13,18H,2,7-10H2,1H3,(H2,15,19). The summed E-state index contributed by atoms with van der Waals surface area (Å²) >= 11 is 5.23. The van der Waals surface area contributed by atoms with E-state index in [0.29, 0.717) is 4.99 Å². The van der Waals surface area contributed by atoms with E-state index in [1.165, 1.54) is 0 Å². The SMILES string of the molecule is CCN1CCN(C(C(N)=S)c2ccc(O)cc2)CC1. The minimum Gasteiger partial charge on any atom is -0.508 e. The monoisotopic (exact) mass is 279 g/mol. The minimum absolute atomic E-state index is 0.0328. The van der Waals surface area contributed by atoms with Crippen LogP contribution in [0.1, 0.15) is 18.5 Å². The van der Waals surface area contributed by atoms with Gasteiger partial charge in [-0.15, -0.1) is 0 Å². The molecule has 0 spiro atoms. The first-order valence-electron chi connectivity index (χ1n) is 6.66. The van der Waals surface area contributed by atoms with E-state index in [2.05, 4.69) is 16.7 Å². The fourth-order valence-corrected chi connectivity index (χ4v) is 2.83. The molecule has 1 aromatic rings. The second-order valence-electron chi connectivity index (χ2n) is 4.87. The third-order valence-corrected chi connectivity index (χ3v) is 3.92. The van der Waals surface area contributed by atoms with Crippen molar-refractivity contribution in [1.82, 2.24) is 9.80 Å². The highest BCUT2D eigenvalue weighted by molar-refractivity contribution is 7.80. The van der Waals surface area contributed by atoms with Crippen molar-refractivity contribution in [3.05, 3.63) is 29.8 Å². The second kappa shape index (κ2) is 6.32. The van der Waals surface area contributed by atoms with Crippen molar-refractivity contribution in [3.63, 3.8) is 0 Å². The van der Waals surface area contributed by atoms with Crippen LogP contribution in [0.5, 0.6) is 5.75 Å². The van der Waals surface area contributed by atoms with E-state index in [0.717, 1.165) is 38.3 Å². The molecule has 5 heteroatoms. The van der Waals surface area contributed by atoms with E-state index in [1.54, 1.807) is 12.1 Å². The van der Waals surface area contributed by atoms with Gasteiger partial charge in [0.25, 0.3) is 0 Å². The number of aromatic hydroxyl groups is 1. The molecule has 104 valence electrons. The fraction of sp³-hybridized carbons (Fsp3) is 0.500. The highest BCUT2D eigenvalue weighted by atomic mass is 32.1. The summed E-state index contributed by atoms with van der Waals surface area (Å²) in [5.74, 6) is 0.265. The number of nitrogens with two attached hydrogens (primary N) is 1. The Kier molecular flexibility index (Phi) is 4.74. The summed E-state index contributed by atoms with van der Waals surface area (Å²) in [6, 6.07) is 7.12. The third-order valence-electron chi connectivity index (χ3n) is 3.70. The van der Waals surface area contributed by atoms with Crippen molar-refractivity contribution < 1.29 is 5.11 Å². The van der Waals surface area contributed by atoms with Gasteiger partial charge in [0.1, 0.15) is 5.75 Å². The molecule has 1 aromatic carbocycles. The van der Waals surface area contributed by atoms with Gasteiger partial charge in [0, 0.05) is 26.2 Å². The Bertz CT molecular complexity index is 427. The van der Waals surface area contributed by atoms with Crippen LogP contribution in [0.25, 0.3) is 0 Å². The number of phenols is 1. The number of rotatable bonds is 4. The first-order valence-corrected chi connectivity index (χ1v) is 7.07. The predicted molar refractivity (Wildman–Crippen MR) is 81.3 cm³/mol. The molecule has 4 nitrogen and oxygen atoms in total. The van der Waals surface area contributed by atoms with E-state index >= 15 is 0 Å². The maximum absolute atomic E-state index is 9.37. The van der Waals surface area contributed by atoms with Crippen molar-refractivity contribution in [2.45, 2.75) is 13.0 Å². The van der Waals surface area contributed by atoms with Crippen LogP contribution in [0.3, 0.4) is 0 Å². The molecule has 1 heterocycles. The first kappa shape index (κ1) is 14.2. The molecule has 3 N–H and O–H groups in total. The maximum atomic E-state index is 9.37. The number of nitrogens with zero attached hydrogens (tertiary/aromatic N) is 2. The normalized spacial score (nSPS) is 19.2. The predicted octanol–water partition coefficient (Wildman–Crippen LogP) is 1.36. The first-order chi connectivity index (χ1) is 9.11. The van der Waals surface area contributed by atoms with Crippen molar-refractivity contribution >= 4 is 17.2 Å². The lowest BCUT2D eigenvalue weighted by Gasteiger charge is -2.38. The van der Waals surface area contributed by atoms with Crippen LogP contribution < -0.4 is 5.73 Å². The minimum atomic E-state index is -0.0328. The molecule has 19 heavy (non-hydrogen) atoms. The summed E-state index contributed by atoms with van der Waals surface area (Å²) < 4.78 is 0. The summed E-state index contributed by atoms with van der Waals surface area (Å²) in [5, 5.41) is 9.37. The zero-order chi connectivity index (χ0) is 13.8. The van der Waals surface area contributed by atoms with Crippen LogP contribution in [-0.2, 0) is 0 Å². The summed E-state index contributed by atoms with van der Waals surface area (Å²) in [6.07, 6.45) is 0. The Hall–Kier alpha value is -1.17. The van der Waals surface area contributed by atoms with Gasteiger partial charge in [0.05, 0.1) is 11.0 Å². The number of hydrogen-bond donors (Lipinski definition) is 2. The molecule has 0 bridgehead atoms. The molecule has 1 aliphatic heterocycles. The Labute approximate surface area is 119 Å². The Morgan fingerprint density at radius 3 is 2.32 bits per heavy atom. The zero-order valence-electron chi connectivity index (χ0n) is 11.2. The maximum Gasteiger partial charge on any atom is 0.115 e. The number of hydrogen-bond acceptors (Lipinski definition) is 4. The molecule has 0 aromatic heterocycles. The molecule has 1 unspecified atom stereocenters.